The van der Waals surface area contributed by atoms with Crippen molar-refractivity contribution >= 4 is 26.6 Å². The fourth-order valence-electron chi connectivity index (χ4n) is 3.67. The second-order valence-corrected chi connectivity index (χ2v) is 10.7. The van der Waals surface area contributed by atoms with Crippen LogP contribution in [0.2, 0.25) is 0 Å². The summed E-state index contributed by atoms with van der Waals surface area (Å²) in [5.74, 6) is -0.410. The van der Waals surface area contributed by atoms with Crippen LogP contribution in [0.5, 0.6) is 5.75 Å². The molecule has 1 atom stereocenters. The number of ether oxygens (including phenoxy) is 1. The minimum Gasteiger partial charge on any atom is -0.495 e. The molecule has 0 saturated heterocycles. The van der Waals surface area contributed by atoms with Crippen LogP contribution in [0, 0.1) is 5.82 Å². The Kier molecular flexibility index (Phi) is 4.43. The molecule has 0 unspecified atom stereocenters. The fourth-order valence-corrected chi connectivity index (χ4v) is 5.34. The van der Waals surface area contributed by atoms with E-state index in [1.807, 2.05) is 24.3 Å². The van der Waals surface area contributed by atoms with E-state index in [2.05, 4.69) is 15.0 Å². The Morgan fingerprint density at radius 2 is 1.93 bits per heavy atom. The topological polar surface area (TPSA) is 110 Å². The molecule has 0 radical (unpaired) electrons. The number of hydrogen-bond donors (Lipinski definition) is 2. The van der Waals surface area contributed by atoms with Gasteiger partial charge in [-0.1, -0.05) is 12.1 Å². The Labute approximate surface area is 174 Å². The number of aromatic nitrogens is 2. The Morgan fingerprint density at radius 1 is 1.20 bits per heavy atom. The van der Waals surface area contributed by atoms with Gasteiger partial charge in [-0.25, -0.2) is 17.8 Å². The van der Waals surface area contributed by atoms with E-state index in [0.717, 1.165) is 10.9 Å². The molecule has 3 aromatic rings. The lowest BCUT2D eigenvalue weighted by atomic mass is 9.98. The molecule has 0 amide bonds. The highest BCUT2D eigenvalue weighted by Crippen LogP contribution is 2.38. The first-order chi connectivity index (χ1) is 14.0. The van der Waals surface area contributed by atoms with Crippen LogP contribution in [0.4, 0.5) is 4.39 Å². The Hall–Kier alpha value is -2.94. The molecule has 1 aliphatic rings. The summed E-state index contributed by atoms with van der Waals surface area (Å²) in [5, 5.41) is 0.910. The van der Waals surface area contributed by atoms with Crippen LogP contribution in [0.1, 0.15) is 26.5 Å². The van der Waals surface area contributed by atoms with Crippen molar-refractivity contribution in [3.63, 3.8) is 0 Å². The molecule has 30 heavy (non-hydrogen) atoms. The van der Waals surface area contributed by atoms with Crippen LogP contribution in [-0.4, -0.2) is 41.8 Å². The van der Waals surface area contributed by atoms with Gasteiger partial charge < -0.3 is 15.5 Å². The number of aromatic amines is 1. The SMILES string of the molecule is COc1cccc2cc(-c3ccc(F)c([C@]4(C)CS(=O)(=O)C(C)(C)C(N)=N4)n3)[nH]c12. The van der Waals surface area contributed by atoms with Gasteiger partial charge in [-0.3, -0.25) is 4.99 Å². The monoisotopic (exact) mass is 430 g/mol. The zero-order valence-corrected chi connectivity index (χ0v) is 18.0. The number of sulfone groups is 1. The number of amidine groups is 1. The van der Waals surface area contributed by atoms with Gasteiger partial charge in [-0.15, -0.1) is 0 Å². The summed E-state index contributed by atoms with van der Waals surface area (Å²) in [4.78, 5) is 12.1. The summed E-state index contributed by atoms with van der Waals surface area (Å²) < 4.78 is 44.5. The highest BCUT2D eigenvalue weighted by Gasteiger charge is 2.50. The van der Waals surface area contributed by atoms with Gasteiger partial charge in [0, 0.05) is 5.39 Å². The molecular weight excluding hydrogens is 407 g/mol. The number of nitrogens with zero attached hydrogens (tertiary/aromatic N) is 2. The average molecular weight is 431 g/mol. The zero-order chi connectivity index (χ0) is 21.9. The molecule has 0 fully saturated rings. The van der Waals surface area contributed by atoms with Crippen LogP contribution >= 0.6 is 0 Å². The predicted molar refractivity (Wildman–Crippen MR) is 115 cm³/mol. The molecule has 0 saturated carbocycles. The largest absolute Gasteiger partial charge is 0.495 e. The molecule has 9 heteroatoms. The predicted octanol–water partition coefficient (Wildman–Crippen LogP) is 3.16. The van der Waals surface area contributed by atoms with Crippen LogP contribution in [0.25, 0.3) is 22.3 Å². The van der Waals surface area contributed by atoms with Crippen molar-refractivity contribution in [3.05, 3.63) is 47.9 Å². The van der Waals surface area contributed by atoms with Crippen LogP contribution in [-0.2, 0) is 15.4 Å². The molecule has 0 bridgehead atoms. The Bertz CT molecular complexity index is 1300. The first kappa shape index (κ1) is 20.3. The summed E-state index contributed by atoms with van der Waals surface area (Å²) in [6, 6.07) is 10.3. The van der Waals surface area contributed by atoms with Gasteiger partial charge in [0.25, 0.3) is 0 Å². The molecule has 0 spiro atoms. The molecular formula is C21H23FN4O3S. The van der Waals surface area contributed by atoms with E-state index >= 15 is 0 Å². The third-order valence-electron chi connectivity index (χ3n) is 5.70. The number of H-pyrrole nitrogens is 1. The second-order valence-electron chi connectivity index (χ2n) is 8.17. The van der Waals surface area contributed by atoms with Gasteiger partial charge in [0.1, 0.15) is 33.4 Å². The Morgan fingerprint density at radius 3 is 2.60 bits per heavy atom. The molecule has 3 heterocycles. The number of pyridine rings is 1. The first-order valence-electron chi connectivity index (χ1n) is 9.40. The summed E-state index contributed by atoms with van der Waals surface area (Å²) in [6.07, 6.45) is 0. The number of aliphatic imine (C=N–C) groups is 1. The first-order valence-corrected chi connectivity index (χ1v) is 11.0. The van der Waals surface area contributed by atoms with Gasteiger partial charge in [0.2, 0.25) is 0 Å². The molecule has 1 aromatic carbocycles. The Balaban J connectivity index is 1.87. The van der Waals surface area contributed by atoms with Gasteiger partial charge in [0.05, 0.1) is 29.8 Å². The zero-order valence-electron chi connectivity index (χ0n) is 17.2. The smallest absolute Gasteiger partial charge is 0.165 e. The lowest BCUT2D eigenvalue weighted by molar-refractivity contribution is 0.419. The summed E-state index contributed by atoms with van der Waals surface area (Å²) >= 11 is 0. The number of nitrogens with one attached hydrogen (secondary N) is 1. The number of fused-ring (bicyclic) bond motifs is 1. The van der Waals surface area contributed by atoms with Crippen molar-refractivity contribution in [2.75, 3.05) is 12.9 Å². The van der Waals surface area contributed by atoms with Gasteiger partial charge in [-0.2, -0.15) is 0 Å². The van der Waals surface area contributed by atoms with E-state index in [4.69, 9.17) is 10.5 Å². The highest BCUT2D eigenvalue weighted by molar-refractivity contribution is 7.93. The number of halogens is 1. The van der Waals surface area contributed by atoms with Crippen LogP contribution in [0.3, 0.4) is 0 Å². The maximum Gasteiger partial charge on any atom is 0.165 e. The summed E-state index contributed by atoms with van der Waals surface area (Å²) in [5.41, 5.74) is 6.39. The molecule has 3 N–H and O–H groups in total. The van der Waals surface area contributed by atoms with E-state index in [-0.39, 0.29) is 17.3 Å². The number of para-hydroxylation sites is 1. The van der Waals surface area contributed by atoms with Crippen molar-refractivity contribution in [1.29, 1.82) is 0 Å². The molecule has 2 aromatic heterocycles. The van der Waals surface area contributed by atoms with Crippen molar-refractivity contribution in [2.24, 2.45) is 10.7 Å². The van der Waals surface area contributed by atoms with E-state index in [9.17, 15) is 12.8 Å². The van der Waals surface area contributed by atoms with Crippen molar-refractivity contribution < 1.29 is 17.5 Å². The van der Waals surface area contributed by atoms with Crippen molar-refractivity contribution in [3.8, 4) is 17.1 Å². The quantitative estimate of drug-likeness (QED) is 0.663. The minimum absolute atomic E-state index is 0.0572. The standard InChI is InChI=1S/C21H23FN4O3S/c1-20(2)19(23)26-21(3,11-30(20,27)28)18-13(22)8-9-14(25-18)15-10-12-6-5-7-16(29-4)17(12)24-15/h5-10,24H,11H2,1-4H3,(H2,23,26)/t21-/m0/s1. The number of methoxy groups -OCH3 is 1. The maximum atomic E-state index is 14.8. The highest BCUT2D eigenvalue weighted by atomic mass is 32.2. The van der Waals surface area contributed by atoms with E-state index in [1.165, 1.54) is 32.9 Å². The molecule has 158 valence electrons. The maximum absolute atomic E-state index is 14.8. The molecule has 7 nitrogen and oxygen atoms in total. The van der Waals surface area contributed by atoms with Crippen LogP contribution in [0.15, 0.2) is 41.4 Å². The number of benzene rings is 1. The second kappa shape index (κ2) is 6.53. The van der Waals surface area contributed by atoms with E-state index in [1.54, 1.807) is 7.11 Å². The van der Waals surface area contributed by atoms with Crippen molar-refractivity contribution in [1.82, 2.24) is 9.97 Å². The summed E-state index contributed by atoms with van der Waals surface area (Å²) in [7, 11) is -2.10. The molecule has 0 aliphatic carbocycles. The average Bonchev–Trinajstić information content (AvgIpc) is 3.10. The normalized spacial score (nSPS) is 22.6. The lowest BCUT2D eigenvalue weighted by Crippen LogP contribution is -2.55. The van der Waals surface area contributed by atoms with Gasteiger partial charge >= 0.3 is 0 Å². The number of nitrogens with two attached hydrogens (primary N) is 1. The van der Waals surface area contributed by atoms with Gasteiger partial charge in [-0.05, 0) is 45.0 Å². The molecule has 1 aliphatic heterocycles. The van der Waals surface area contributed by atoms with Crippen molar-refractivity contribution in [2.45, 2.75) is 31.1 Å². The minimum atomic E-state index is -3.68. The fraction of sp³-hybridized carbons (Fsp3) is 0.333. The third-order valence-corrected chi connectivity index (χ3v) is 8.41. The number of hydrogen-bond acceptors (Lipinski definition) is 6. The third kappa shape index (κ3) is 2.96. The number of rotatable bonds is 3. The van der Waals surface area contributed by atoms with Gasteiger partial charge in [0.15, 0.2) is 9.84 Å². The van der Waals surface area contributed by atoms with E-state index < -0.39 is 25.9 Å². The van der Waals surface area contributed by atoms with E-state index in [0.29, 0.717) is 17.1 Å². The van der Waals surface area contributed by atoms with Crippen LogP contribution < -0.4 is 10.5 Å². The lowest BCUT2D eigenvalue weighted by Gasteiger charge is -2.37. The molecule has 4 rings (SSSR count). The summed E-state index contributed by atoms with van der Waals surface area (Å²) in [6.45, 7) is 4.54.